The van der Waals surface area contributed by atoms with Crippen LogP contribution in [0.15, 0.2) is 24.3 Å². The maximum absolute atomic E-state index is 11.1. The summed E-state index contributed by atoms with van der Waals surface area (Å²) in [6, 6.07) is 8.06. The summed E-state index contributed by atoms with van der Waals surface area (Å²) in [5.74, 6) is -1.43. The van der Waals surface area contributed by atoms with Crippen LogP contribution in [-0.4, -0.2) is 22.2 Å². The molecule has 122 valence electrons. The number of rotatable bonds is 11. The Balaban J connectivity index is 2.66. The van der Waals surface area contributed by atoms with Gasteiger partial charge in [0.2, 0.25) is 0 Å². The van der Waals surface area contributed by atoms with Gasteiger partial charge >= 0.3 is 11.9 Å². The van der Waals surface area contributed by atoms with Crippen LogP contribution in [0.4, 0.5) is 0 Å². The van der Waals surface area contributed by atoms with E-state index in [9.17, 15) is 9.59 Å². The minimum absolute atomic E-state index is 0.0673. The molecule has 0 bridgehead atoms. The first-order chi connectivity index (χ1) is 10.5. The fourth-order valence-electron chi connectivity index (χ4n) is 2.86. The van der Waals surface area contributed by atoms with Crippen LogP contribution >= 0.6 is 0 Å². The van der Waals surface area contributed by atoms with Crippen molar-refractivity contribution in [3.05, 3.63) is 35.4 Å². The fourth-order valence-corrected chi connectivity index (χ4v) is 2.86. The molecule has 0 saturated heterocycles. The van der Waals surface area contributed by atoms with Crippen LogP contribution in [0.3, 0.4) is 0 Å². The number of benzene rings is 1. The highest BCUT2D eigenvalue weighted by Crippen LogP contribution is 2.29. The molecule has 22 heavy (non-hydrogen) atoms. The molecule has 0 aromatic heterocycles. The third-order valence-corrected chi connectivity index (χ3v) is 3.89. The van der Waals surface area contributed by atoms with Crippen molar-refractivity contribution in [1.29, 1.82) is 0 Å². The Morgan fingerprint density at radius 3 is 2.41 bits per heavy atom. The number of carboxylic acids is 2. The second kappa shape index (κ2) is 9.98. The molecule has 2 N–H and O–H groups in total. The van der Waals surface area contributed by atoms with E-state index in [1.807, 2.05) is 18.2 Å². The number of hydrogen-bond donors (Lipinski definition) is 2. The fraction of sp³-hybridized carbons (Fsp3) is 0.556. The molecule has 4 heteroatoms. The molecule has 0 fully saturated rings. The van der Waals surface area contributed by atoms with E-state index >= 15 is 0 Å². The van der Waals surface area contributed by atoms with Crippen molar-refractivity contribution >= 4 is 11.9 Å². The Morgan fingerprint density at radius 2 is 1.77 bits per heavy atom. The summed E-state index contributed by atoms with van der Waals surface area (Å²) in [6.07, 6.45) is 5.64. The first-order valence-electron chi connectivity index (χ1n) is 8.06. The highest BCUT2D eigenvalue weighted by Gasteiger charge is 2.17. The molecule has 0 aliphatic rings. The van der Waals surface area contributed by atoms with Crippen molar-refractivity contribution in [1.82, 2.24) is 0 Å². The summed E-state index contributed by atoms with van der Waals surface area (Å²) < 4.78 is 0. The van der Waals surface area contributed by atoms with Gasteiger partial charge in [0.25, 0.3) is 0 Å². The van der Waals surface area contributed by atoms with E-state index in [0.29, 0.717) is 6.42 Å². The topological polar surface area (TPSA) is 74.6 Å². The van der Waals surface area contributed by atoms with Crippen LogP contribution in [0.2, 0.25) is 0 Å². The molecule has 0 spiro atoms. The van der Waals surface area contributed by atoms with Crippen LogP contribution in [0.5, 0.6) is 0 Å². The zero-order valence-electron chi connectivity index (χ0n) is 13.3. The van der Waals surface area contributed by atoms with E-state index in [4.69, 9.17) is 10.2 Å². The molecular formula is C18H26O4. The molecule has 0 aliphatic carbocycles. The third kappa shape index (κ3) is 6.74. The molecule has 1 rings (SSSR count). The van der Waals surface area contributed by atoms with E-state index in [1.165, 1.54) is 5.56 Å². The van der Waals surface area contributed by atoms with Crippen LogP contribution in [0, 0.1) is 0 Å². The lowest BCUT2D eigenvalue weighted by molar-refractivity contribution is -0.138. The van der Waals surface area contributed by atoms with Crippen molar-refractivity contribution < 1.29 is 19.8 Å². The van der Waals surface area contributed by atoms with Gasteiger partial charge in [-0.1, -0.05) is 44.0 Å². The summed E-state index contributed by atoms with van der Waals surface area (Å²) in [7, 11) is 0. The van der Waals surface area contributed by atoms with Crippen LogP contribution in [0.1, 0.15) is 68.9 Å². The molecule has 4 nitrogen and oxygen atoms in total. The molecule has 0 saturated carbocycles. The summed E-state index contributed by atoms with van der Waals surface area (Å²) in [5, 5.41) is 17.7. The van der Waals surface area contributed by atoms with Gasteiger partial charge in [-0.25, -0.2) is 0 Å². The van der Waals surface area contributed by atoms with Gasteiger partial charge < -0.3 is 10.2 Å². The second-order valence-electron chi connectivity index (χ2n) is 5.74. The summed E-state index contributed by atoms with van der Waals surface area (Å²) >= 11 is 0. The SMILES string of the molecule is CCCC(CC(=O)O)c1ccccc1CCCCCC(=O)O. The van der Waals surface area contributed by atoms with Gasteiger partial charge in [-0.2, -0.15) is 0 Å². The number of aliphatic carboxylic acids is 2. The number of aryl methyl sites for hydroxylation is 1. The zero-order chi connectivity index (χ0) is 16.4. The van der Waals surface area contributed by atoms with Crippen LogP contribution in [0.25, 0.3) is 0 Å². The van der Waals surface area contributed by atoms with Gasteiger partial charge in [0.1, 0.15) is 0 Å². The smallest absolute Gasteiger partial charge is 0.303 e. The Labute approximate surface area is 132 Å². The summed E-state index contributed by atoms with van der Waals surface area (Å²) in [6.45, 7) is 2.07. The highest BCUT2D eigenvalue weighted by molar-refractivity contribution is 5.68. The number of carbonyl (C=O) groups is 2. The van der Waals surface area contributed by atoms with Gasteiger partial charge in [-0.3, -0.25) is 9.59 Å². The van der Waals surface area contributed by atoms with E-state index < -0.39 is 11.9 Å². The van der Waals surface area contributed by atoms with Crippen LogP contribution in [-0.2, 0) is 16.0 Å². The first kappa shape index (κ1) is 18.2. The van der Waals surface area contributed by atoms with Gasteiger partial charge in [-0.15, -0.1) is 0 Å². The lowest BCUT2D eigenvalue weighted by atomic mass is 9.86. The third-order valence-electron chi connectivity index (χ3n) is 3.89. The Morgan fingerprint density at radius 1 is 1.05 bits per heavy atom. The van der Waals surface area contributed by atoms with E-state index in [1.54, 1.807) is 0 Å². The van der Waals surface area contributed by atoms with Gasteiger partial charge in [0, 0.05) is 6.42 Å². The highest BCUT2D eigenvalue weighted by atomic mass is 16.4. The first-order valence-corrected chi connectivity index (χ1v) is 8.06. The van der Waals surface area contributed by atoms with Crippen molar-refractivity contribution in [3.8, 4) is 0 Å². The van der Waals surface area contributed by atoms with Crippen molar-refractivity contribution in [2.24, 2.45) is 0 Å². The lowest BCUT2D eigenvalue weighted by Crippen LogP contribution is -2.09. The molecule has 1 aromatic carbocycles. The maximum Gasteiger partial charge on any atom is 0.303 e. The van der Waals surface area contributed by atoms with Crippen molar-refractivity contribution in [2.45, 2.75) is 64.2 Å². The standard InChI is InChI=1S/C18H26O4/c1-2-8-15(13-18(21)22)16-11-7-6-10-14(16)9-4-3-5-12-17(19)20/h6-7,10-11,15H,2-5,8-9,12-13H2,1H3,(H,19,20)(H,21,22). The van der Waals surface area contributed by atoms with Gasteiger partial charge in [0.15, 0.2) is 0 Å². The van der Waals surface area contributed by atoms with Crippen LogP contribution < -0.4 is 0 Å². The number of hydrogen-bond acceptors (Lipinski definition) is 2. The quantitative estimate of drug-likeness (QED) is 0.600. The molecule has 0 amide bonds. The average Bonchev–Trinajstić information content (AvgIpc) is 2.46. The summed E-state index contributed by atoms with van der Waals surface area (Å²) in [5.41, 5.74) is 2.35. The molecule has 1 atom stereocenters. The largest absolute Gasteiger partial charge is 0.481 e. The Kier molecular flexibility index (Phi) is 8.26. The predicted octanol–water partition coefficient (Wildman–Crippen LogP) is 4.23. The van der Waals surface area contributed by atoms with E-state index in [0.717, 1.165) is 37.7 Å². The Bertz CT molecular complexity index is 482. The van der Waals surface area contributed by atoms with Crippen molar-refractivity contribution in [2.75, 3.05) is 0 Å². The predicted molar refractivity (Wildman–Crippen MR) is 86.2 cm³/mol. The van der Waals surface area contributed by atoms with Gasteiger partial charge in [-0.05, 0) is 42.7 Å². The molecule has 0 radical (unpaired) electrons. The summed E-state index contributed by atoms with van der Waals surface area (Å²) in [4.78, 5) is 21.6. The minimum Gasteiger partial charge on any atom is -0.481 e. The maximum atomic E-state index is 11.1. The Hall–Kier alpha value is -1.84. The lowest BCUT2D eigenvalue weighted by Gasteiger charge is -2.18. The molecular weight excluding hydrogens is 280 g/mol. The van der Waals surface area contributed by atoms with E-state index in [-0.39, 0.29) is 18.8 Å². The van der Waals surface area contributed by atoms with Crippen molar-refractivity contribution in [3.63, 3.8) is 0 Å². The number of unbranched alkanes of at least 4 members (excludes halogenated alkanes) is 2. The normalized spacial score (nSPS) is 12.0. The molecule has 1 unspecified atom stereocenters. The second-order valence-corrected chi connectivity index (χ2v) is 5.74. The van der Waals surface area contributed by atoms with E-state index in [2.05, 4.69) is 13.0 Å². The minimum atomic E-state index is -0.755. The molecule has 0 heterocycles. The number of carboxylic acid groups (broad SMARTS) is 2. The van der Waals surface area contributed by atoms with Gasteiger partial charge in [0.05, 0.1) is 6.42 Å². The molecule has 0 aliphatic heterocycles. The zero-order valence-corrected chi connectivity index (χ0v) is 13.3. The average molecular weight is 306 g/mol. The molecule has 1 aromatic rings. The monoisotopic (exact) mass is 306 g/mol.